The molecule has 0 radical (unpaired) electrons. The van der Waals surface area contributed by atoms with Crippen LogP contribution in [0.5, 0.6) is 0 Å². The van der Waals surface area contributed by atoms with E-state index in [4.69, 9.17) is 10.1 Å². The number of benzene rings is 1. The van der Waals surface area contributed by atoms with Crippen molar-refractivity contribution in [2.75, 3.05) is 19.6 Å². The number of nitrogens with one attached hydrogen (secondary N) is 1. The summed E-state index contributed by atoms with van der Waals surface area (Å²) in [4.78, 5) is 7.10. The van der Waals surface area contributed by atoms with E-state index < -0.39 is 10.0 Å². The molecule has 1 atom stereocenters. The zero-order valence-corrected chi connectivity index (χ0v) is 19.2. The number of halogens is 1. The lowest BCUT2D eigenvalue weighted by molar-refractivity contribution is 0.486. The number of aromatic nitrogens is 2. The summed E-state index contributed by atoms with van der Waals surface area (Å²) in [5, 5.41) is 12.8. The number of rotatable bonds is 5. The van der Waals surface area contributed by atoms with Crippen LogP contribution >= 0.6 is 24.0 Å². The molecule has 1 saturated heterocycles. The average Bonchev–Trinajstić information content (AvgIpc) is 3.27. The highest BCUT2D eigenvalue weighted by Gasteiger charge is 2.26. The van der Waals surface area contributed by atoms with Crippen LogP contribution in [-0.2, 0) is 23.6 Å². The van der Waals surface area contributed by atoms with Gasteiger partial charge in [0.1, 0.15) is 0 Å². The van der Waals surface area contributed by atoms with Gasteiger partial charge in [0.2, 0.25) is 10.0 Å². The molecule has 154 valence electrons. The van der Waals surface area contributed by atoms with E-state index in [1.54, 1.807) is 12.1 Å². The monoisotopic (exact) mass is 518 g/mol. The van der Waals surface area contributed by atoms with Gasteiger partial charge >= 0.3 is 0 Å². The molecule has 1 aliphatic heterocycles. The summed E-state index contributed by atoms with van der Waals surface area (Å²) in [7, 11) is -1.73. The molecule has 8 nitrogen and oxygen atoms in total. The molecule has 0 saturated carbocycles. The van der Waals surface area contributed by atoms with Crippen LogP contribution in [0.4, 0.5) is 0 Å². The highest BCUT2D eigenvalue weighted by Crippen LogP contribution is 2.26. The number of nitrogens with zero attached hydrogens (tertiary/aromatic N) is 4. The van der Waals surface area contributed by atoms with E-state index in [0.29, 0.717) is 12.5 Å². The number of aryl methyl sites for hydroxylation is 1. The highest BCUT2D eigenvalue weighted by molar-refractivity contribution is 14.0. The third kappa shape index (κ3) is 5.67. The Morgan fingerprint density at radius 2 is 2.07 bits per heavy atom. The van der Waals surface area contributed by atoms with Crippen molar-refractivity contribution in [1.29, 1.82) is 0 Å². The largest absolute Gasteiger partial charge is 0.357 e. The van der Waals surface area contributed by atoms with Gasteiger partial charge in [0, 0.05) is 38.8 Å². The number of nitrogens with two attached hydrogens (primary N) is 1. The smallest absolute Gasteiger partial charge is 0.238 e. The lowest BCUT2D eigenvalue weighted by Crippen LogP contribution is -2.40. The fraction of sp³-hybridized carbons (Fsp3) is 0.444. The van der Waals surface area contributed by atoms with E-state index in [2.05, 4.69) is 21.5 Å². The predicted molar refractivity (Wildman–Crippen MR) is 120 cm³/mol. The van der Waals surface area contributed by atoms with Crippen molar-refractivity contribution in [3.05, 3.63) is 47.8 Å². The second-order valence-electron chi connectivity index (χ2n) is 6.74. The third-order valence-electron chi connectivity index (χ3n) is 4.68. The minimum atomic E-state index is -3.67. The lowest BCUT2D eigenvalue weighted by Gasteiger charge is -2.21. The van der Waals surface area contributed by atoms with Gasteiger partial charge in [-0.05, 0) is 36.6 Å². The van der Waals surface area contributed by atoms with Gasteiger partial charge in [-0.2, -0.15) is 5.10 Å². The normalized spacial score (nSPS) is 17.5. The summed E-state index contributed by atoms with van der Waals surface area (Å²) in [6, 6.07) is 6.52. The Kier molecular flexibility index (Phi) is 7.84. The standard InChI is InChI=1S/C18H26N6O2S.HI/c1-3-20-18(21-10-14-4-6-17(7-5-14)27(19,25)26)24-9-8-15(13-24)16-11-22-23(2)12-16;/h4-7,11-12,15H,3,8-10,13H2,1-2H3,(H,20,21)(H2,19,25,26);1H. The molecule has 0 bridgehead atoms. The van der Waals surface area contributed by atoms with Crippen LogP contribution < -0.4 is 10.5 Å². The maximum atomic E-state index is 11.3. The SMILES string of the molecule is CCNC(=NCc1ccc(S(N)(=O)=O)cc1)N1CCC(c2cnn(C)c2)C1.I. The molecule has 0 spiro atoms. The highest BCUT2D eigenvalue weighted by atomic mass is 127. The molecule has 10 heteroatoms. The van der Waals surface area contributed by atoms with Gasteiger partial charge in [0.15, 0.2) is 5.96 Å². The Balaban J connectivity index is 0.00000280. The summed E-state index contributed by atoms with van der Waals surface area (Å²) in [6.45, 7) is 5.15. The maximum absolute atomic E-state index is 11.3. The van der Waals surface area contributed by atoms with Gasteiger partial charge in [-0.15, -0.1) is 24.0 Å². The van der Waals surface area contributed by atoms with Crippen molar-refractivity contribution in [3.8, 4) is 0 Å². The Morgan fingerprint density at radius 1 is 1.36 bits per heavy atom. The van der Waals surface area contributed by atoms with E-state index in [0.717, 1.165) is 37.6 Å². The van der Waals surface area contributed by atoms with Crippen molar-refractivity contribution in [2.45, 2.75) is 30.7 Å². The Hall–Kier alpha value is -1.66. The molecule has 1 aromatic heterocycles. The third-order valence-corrected chi connectivity index (χ3v) is 5.61. The van der Waals surface area contributed by atoms with Crippen LogP contribution in [-0.4, -0.2) is 48.7 Å². The lowest BCUT2D eigenvalue weighted by atomic mass is 10.0. The van der Waals surface area contributed by atoms with Crippen LogP contribution in [0.25, 0.3) is 0 Å². The first-order valence-electron chi connectivity index (χ1n) is 9.00. The van der Waals surface area contributed by atoms with Crippen molar-refractivity contribution < 1.29 is 8.42 Å². The average molecular weight is 518 g/mol. The molecular weight excluding hydrogens is 491 g/mol. The number of hydrogen-bond donors (Lipinski definition) is 2. The van der Waals surface area contributed by atoms with Crippen LogP contribution in [0.1, 0.15) is 30.4 Å². The zero-order valence-electron chi connectivity index (χ0n) is 16.1. The van der Waals surface area contributed by atoms with Crippen molar-refractivity contribution in [3.63, 3.8) is 0 Å². The van der Waals surface area contributed by atoms with Crippen molar-refractivity contribution in [2.24, 2.45) is 17.2 Å². The van der Waals surface area contributed by atoms with Crippen LogP contribution in [0, 0.1) is 0 Å². The Morgan fingerprint density at radius 3 is 2.64 bits per heavy atom. The summed E-state index contributed by atoms with van der Waals surface area (Å²) in [6.07, 6.45) is 5.08. The number of aliphatic imine (C=N–C) groups is 1. The summed E-state index contributed by atoms with van der Waals surface area (Å²) < 4.78 is 24.5. The second-order valence-corrected chi connectivity index (χ2v) is 8.30. The maximum Gasteiger partial charge on any atom is 0.238 e. The minimum Gasteiger partial charge on any atom is -0.357 e. The van der Waals surface area contributed by atoms with Crippen LogP contribution in [0.15, 0.2) is 46.5 Å². The quantitative estimate of drug-likeness (QED) is 0.356. The summed E-state index contributed by atoms with van der Waals surface area (Å²) in [5.41, 5.74) is 2.19. The topological polar surface area (TPSA) is 106 Å². The van der Waals surface area contributed by atoms with E-state index in [-0.39, 0.29) is 28.9 Å². The molecule has 2 aromatic rings. The molecule has 3 N–H and O–H groups in total. The molecule has 0 amide bonds. The molecular formula is C18H27IN6O2S. The van der Waals surface area contributed by atoms with Crippen molar-refractivity contribution >= 4 is 40.0 Å². The Labute approximate surface area is 183 Å². The number of guanidine groups is 1. The second kappa shape index (κ2) is 9.70. The first-order chi connectivity index (χ1) is 12.9. The van der Waals surface area contributed by atoms with E-state index >= 15 is 0 Å². The fourth-order valence-electron chi connectivity index (χ4n) is 3.25. The zero-order chi connectivity index (χ0) is 19.4. The molecule has 1 unspecified atom stereocenters. The van der Waals surface area contributed by atoms with Gasteiger partial charge in [0.25, 0.3) is 0 Å². The summed E-state index contributed by atoms with van der Waals surface area (Å²) >= 11 is 0. The number of likely N-dealkylation sites (tertiary alicyclic amines) is 1. The van der Waals surface area contributed by atoms with Crippen LogP contribution in [0.3, 0.4) is 0 Å². The van der Waals surface area contributed by atoms with E-state index in [1.165, 1.54) is 17.7 Å². The number of sulfonamides is 1. The molecule has 1 fully saturated rings. The molecule has 0 aliphatic carbocycles. The van der Waals surface area contributed by atoms with E-state index in [9.17, 15) is 8.42 Å². The van der Waals surface area contributed by atoms with Gasteiger partial charge in [-0.1, -0.05) is 12.1 Å². The van der Waals surface area contributed by atoms with Gasteiger partial charge in [0.05, 0.1) is 17.6 Å². The number of hydrogen-bond acceptors (Lipinski definition) is 4. The fourth-order valence-corrected chi connectivity index (χ4v) is 3.77. The molecule has 1 aromatic carbocycles. The first kappa shape index (κ1) is 22.6. The molecule has 2 heterocycles. The molecule has 28 heavy (non-hydrogen) atoms. The minimum absolute atomic E-state index is 0. The van der Waals surface area contributed by atoms with Gasteiger partial charge in [-0.3, -0.25) is 4.68 Å². The molecule has 1 aliphatic rings. The van der Waals surface area contributed by atoms with Gasteiger partial charge < -0.3 is 10.2 Å². The van der Waals surface area contributed by atoms with Crippen molar-refractivity contribution in [1.82, 2.24) is 20.0 Å². The number of primary sulfonamides is 1. The van der Waals surface area contributed by atoms with Gasteiger partial charge in [-0.25, -0.2) is 18.5 Å². The molecule has 3 rings (SSSR count). The van der Waals surface area contributed by atoms with Crippen LogP contribution in [0.2, 0.25) is 0 Å². The van der Waals surface area contributed by atoms with E-state index in [1.807, 2.05) is 24.9 Å². The summed E-state index contributed by atoms with van der Waals surface area (Å²) in [5.74, 6) is 1.33. The first-order valence-corrected chi connectivity index (χ1v) is 10.5. The predicted octanol–water partition coefficient (Wildman–Crippen LogP) is 1.64. The Bertz CT molecular complexity index is 910.